The van der Waals surface area contributed by atoms with E-state index in [2.05, 4.69) is 33.0 Å². The number of hydrogen-bond acceptors (Lipinski definition) is 8. The van der Waals surface area contributed by atoms with Gasteiger partial charge in [0, 0.05) is 22.4 Å². The number of phenols is 1. The van der Waals surface area contributed by atoms with Crippen LogP contribution in [-0.2, 0) is 0 Å². The summed E-state index contributed by atoms with van der Waals surface area (Å²) in [5.41, 5.74) is 0.101. The molecule has 2 heterocycles. The molecule has 2 aromatic heterocycles. The maximum atomic E-state index is 10.4. The van der Waals surface area contributed by atoms with Crippen LogP contribution in [0.4, 0.5) is 17.1 Å². The Bertz CT molecular complexity index is 1270. The van der Waals surface area contributed by atoms with E-state index >= 15 is 0 Å². The summed E-state index contributed by atoms with van der Waals surface area (Å²) in [5, 5.41) is 40.2. The molecule has 0 aliphatic heterocycles. The van der Waals surface area contributed by atoms with Gasteiger partial charge < -0.3 is 9.51 Å². The Balaban J connectivity index is 0.000000181. The van der Waals surface area contributed by atoms with Crippen molar-refractivity contribution in [2.45, 2.75) is 0 Å². The Labute approximate surface area is 187 Å². The van der Waals surface area contributed by atoms with Gasteiger partial charge in [-0.05, 0) is 24.3 Å². The maximum Gasteiger partial charge on any atom is 0.324 e. The molecule has 162 valence electrons. The molecule has 0 aliphatic carbocycles. The quantitative estimate of drug-likeness (QED) is 0.304. The molecular weight excluding hydrogens is 490 g/mol. The van der Waals surface area contributed by atoms with Crippen LogP contribution in [0.25, 0.3) is 16.9 Å². The second kappa shape index (κ2) is 9.18. The van der Waals surface area contributed by atoms with Crippen molar-refractivity contribution in [2.75, 3.05) is 0 Å². The van der Waals surface area contributed by atoms with Crippen LogP contribution in [-0.4, -0.2) is 29.3 Å². The van der Waals surface area contributed by atoms with Crippen LogP contribution in [0, 0.1) is 30.3 Å². The highest BCUT2D eigenvalue weighted by Gasteiger charge is 2.30. The predicted octanol–water partition coefficient (Wildman–Crippen LogP) is 4.88. The summed E-state index contributed by atoms with van der Waals surface area (Å²) in [6, 6.07) is 15.1. The van der Waals surface area contributed by atoms with Crippen LogP contribution < -0.4 is 0 Å². The first-order valence-corrected chi connectivity index (χ1v) is 9.46. The van der Waals surface area contributed by atoms with Gasteiger partial charge in [0.1, 0.15) is 5.65 Å². The molecule has 4 rings (SSSR count). The van der Waals surface area contributed by atoms with Crippen molar-refractivity contribution in [1.29, 1.82) is 0 Å². The summed E-state index contributed by atoms with van der Waals surface area (Å²) in [7, 11) is 0. The van der Waals surface area contributed by atoms with Crippen molar-refractivity contribution in [1.82, 2.24) is 9.38 Å². The molecule has 0 radical (unpaired) electrons. The molecule has 32 heavy (non-hydrogen) atoms. The highest BCUT2D eigenvalue weighted by Crippen LogP contribution is 2.38. The van der Waals surface area contributed by atoms with Crippen LogP contribution >= 0.6 is 15.9 Å². The minimum absolute atomic E-state index is 0.447. The number of rotatable bonds is 4. The second-order valence-corrected chi connectivity index (χ2v) is 7.12. The molecule has 13 heteroatoms. The number of aromatic hydroxyl groups is 1. The maximum absolute atomic E-state index is 10.4. The number of non-ortho nitro benzene ring substituents is 1. The number of benzene rings is 2. The van der Waals surface area contributed by atoms with Gasteiger partial charge in [0.15, 0.2) is 0 Å². The summed E-state index contributed by atoms with van der Waals surface area (Å²) in [6.07, 6.45) is 4.04. The van der Waals surface area contributed by atoms with Crippen molar-refractivity contribution in [3.63, 3.8) is 0 Å². The Morgan fingerprint density at radius 2 is 1.47 bits per heavy atom. The first-order chi connectivity index (χ1) is 15.2. The molecular formula is C19H12BrN5O7. The second-order valence-electron chi connectivity index (χ2n) is 6.20. The first-order valence-electron chi connectivity index (χ1n) is 8.67. The van der Waals surface area contributed by atoms with Crippen LogP contribution in [0.15, 0.2) is 71.5 Å². The number of nitrogens with zero attached hydrogens (tertiary/aromatic N) is 5. The number of pyridine rings is 1. The van der Waals surface area contributed by atoms with E-state index in [0.29, 0.717) is 12.1 Å². The normalized spacial score (nSPS) is 10.3. The van der Waals surface area contributed by atoms with E-state index in [-0.39, 0.29) is 0 Å². The number of aromatic nitrogens is 2. The molecule has 0 saturated carbocycles. The van der Waals surface area contributed by atoms with Crippen molar-refractivity contribution < 1.29 is 19.9 Å². The fourth-order valence-corrected chi connectivity index (χ4v) is 2.93. The molecule has 0 unspecified atom stereocenters. The lowest BCUT2D eigenvalue weighted by Gasteiger charge is -1.97. The van der Waals surface area contributed by atoms with E-state index in [1.54, 1.807) is 0 Å². The molecule has 0 aliphatic rings. The lowest BCUT2D eigenvalue weighted by Crippen LogP contribution is -1.97. The van der Waals surface area contributed by atoms with E-state index < -0.39 is 37.6 Å². The van der Waals surface area contributed by atoms with Crippen molar-refractivity contribution in [3.8, 4) is 17.0 Å². The number of phenolic OH excluding ortho intramolecular Hbond substituents is 1. The molecule has 12 nitrogen and oxygen atoms in total. The van der Waals surface area contributed by atoms with E-state index in [0.717, 1.165) is 21.4 Å². The number of halogens is 1. The SMILES string of the molecule is Brc1ccc(-c2cn3ccccc3n2)cc1.O=[N+]([O-])c1cc([N+](=O)[O-])c(O)c([N+](=O)[O-])c1. The molecule has 0 spiro atoms. The summed E-state index contributed by atoms with van der Waals surface area (Å²) in [5.74, 6) is -1.21. The average Bonchev–Trinajstić information content (AvgIpc) is 3.18. The lowest BCUT2D eigenvalue weighted by atomic mass is 10.2. The zero-order chi connectivity index (χ0) is 23.4. The summed E-state index contributed by atoms with van der Waals surface area (Å²) >= 11 is 3.43. The molecule has 1 N–H and O–H groups in total. The third kappa shape index (κ3) is 4.84. The fraction of sp³-hybridized carbons (Fsp3) is 0. The van der Waals surface area contributed by atoms with Gasteiger partial charge in [-0.1, -0.05) is 34.1 Å². The van der Waals surface area contributed by atoms with E-state index in [1.807, 2.05) is 47.1 Å². The largest absolute Gasteiger partial charge is 0.497 e. The van der Waals surface area contributed by atoms with Crippen molar-refractivity contribution in [2.24, 2.45) is 0 Å². The number of nitro groups is 3. The Morgan fingerprint density at radius 3 is 1.97 bits per heavy atom. The standard InChI is InChI=1S/C13H9BrN2.C6H3N3O7/c14-11-6-4-10(5-7-11)12-9-16-8-2-1-3-13(16)15-12;10-6-4(8(13)14)1-3(7(11)12)2-5(6)9(15)16/h1-9H;1-2,10H. The molecule has 0 bridgehead atoms. The average molecular weight is 502 g/mol. The Hall–Kier alpha value is -4.39. The van der Waals surface area contributed by atoms with Gasteiger partial charge in [-0.25, -0.2) is 4.98 Å². The van der Waals surface area contributed by atoms with Gasteiger partial charge in [-0.2, -0.15) is 0 Å². The smallest absolute Gasteiger partial charge is 0.324 e. The van der Waals surface area contributed by atoms with Gasteiger partial charge in [0.05, 0.1) is 32.6 Å². The summed E-state index contributed by atoms with van der Waals surface area (Å²) < 4.78 is 3.11. The number of nitro benzene ring substituents is 3. The van der Waals surface area contributed by atoms with Crippen LogP contribution in [0.2, 0.25) is 0 Å². The summed E-state index contributed by atoms with van der Waals surface area (Å²) in [4.78, 5) is 32.3. The Morgan fingerprint density at radius 1 is 0.875 bits per heavy atom. The fourth-order valence-electron chi connectivity index (χ4n) is 2.67. The van der Waals surface area contributed by atoms with Crippen LogP contribution in [0.1, 0.15) is 0 Å². The van der Waals surface area contributed by atoms with Gasteiger partial charge >= 0.3 is 11.4 Å². The third-order valence-electron chi connectivity index (χ3n) is 4.16. The zero-order valence-corrected chi connectivity index (χ0v) is 17.4. The van der Waals surface area contributed by atoms with Gasteiger partial charge in [0.25, 0.3) is 11.4 Å². The van der Waals surface area contributed by atoms with E-state index in [9.17, 15) is 30.3 Å². The third-order valence-corrected chi connectivity index (χ3v) is 4.69. The van der Waals surface area contributed by atoms with E-state index in [1.165, 1.54) is 0 Å². The van der Waals surface area contributed by atoms with Gasteiger partial charge in [-0.3, -0.25) is 30.3 Å². The predicted molar refractivity (Wildman–Crippen MR) is 116 cm³/mol. The number of hydrogen-bond donors (Lipinski definition) is 1. The van der Waals surface area contributed by atoms with Gasteiger partial charge in [0.2, 0.25) is 0 Å². The first kappa shape index (κ1) is 22.3. The minimum atomic E-state index is -1.21. The van der Waals surface area contributed by atoms with Crippen molar-refractivity contribution >= 4 is 38.6 Å². The molecule has 2 aromatic carbocycles. The molecule has 0 fully saturated rings. The lowest BCUT2D eigenvalue weighted by molar-refractivity contribution is -0.404. The highest BCUT2D eigenvalue weighted by molar-refractivity contribution is 9.10. The van der Waals surface area contributed by atoms with Gasteiger partial charge in [-0.15, -0.1) is 0 Å². The zero-order valence-electron chi connectivity index (χ0n) is 15.9. The monoisotopic (exact) mass is 501 g/mol. The molecule has 0 saturated heterocycles. The van der Waals surface area contributed by atoms with E-state index in [4.69, 9.17) is 5.11 Å². The molecule has 0 atom stereocenters. The topological polar surface area (TPSA) is 167 Å². The Kier molecular flexibility index (Phi) is 6.39. The highest BCUT2D eigenvalue weighted by atomic mass is 79.9. The van der Waals surface area contributed by atoms with Crippen molar-refractivity contribution in [3.05, 3.63) is 102 Å². The summed E-state index contributed by atoms with van der Waals surface area (Å²) in [6.45, 7) is 0. The number of imidazole rings is 1. The minimum Gasteiger partial charge on any atom is -0.497 e. The molecule has 4 aromatic rings. The van der Waals surface area contributed by atoms with Crippen LogP contribution in [0.3, 0.4) is 0 Å². The number of fused-ring (bicyclic) bond motifs is 1. The molecule has 0 amide bonds. The van der Waals surface area contributed by atoms with Crippen LogP contribution in [0.5, 0.6) is 5.75 Å².